The molecule has 0 radical (unpaired) electrons. The van der Waals surface area contributed by atoms with Crippen LogP contribution >= 0.6 is 0 Å². The zero-order valence-electron chi connectivity index (χ0n) is 5.81. The summed E-state index contributed by atoms with van der Waals surface area (Å²) >= 11 is 0. The molecule has 2 fully saturated rings. The van der Waals surface area contributed by atoms with Gasteiger partial charge in [0.05, 0.1) is 12.2 Å². The first-order valence-corrected chi connectivity index (χ1v) is 3.65. The summed E-state index contributed by atoms with van der Waals surface area (Å²) in [7, 11) is 0. The van der Waals surface area contributed by atoms with Gasteiger partial charge in [0.25, 0.3) is 0 Å². The van der Waals surface area contributed by atoms with Gasteiger partial charge in [0.2, 0.25) is 0 Å². The van der Waals surface area contributed by atoms with Crippen molar-refractivity contribution < 1.29 is 4.74 Å². The van der Waals surface area contributed by atoms with E-state index in [-0.39, 0.29) is 5.60 Å². The summed E-state index contributed by atoms with van der Waals surface area (Å²) < 4.78 is 5.63. The fourth-order valence-corrected chi connectivity index (χ4v) is 1.72. The van der Waals surface area contributed by atoms with Crippen molar-refractivity contribution in [3.05, 3.63) is 0 Å². The minimum Gasteiger partial charge on any atom is -0.372 e. The van der Waals surface area contributed by atoms with Crippen molar-refractivity contribution >= 4 is 0 Å². The van der Waals surface area contributed by atoms with Gasteiger partial charge < -0.3 is 10.1 Å². The Bertz CT molecular complexity index is 120. The van der Waals surface area contributed by atoms with Crippen LogP contribution in [0.3, 0.4) is 0 Å². The van der Waals surface area contributed by atoms with Gasteiger partial charge in [-0.2, -0.15) is 0 Å². The van der Waals surface area contributed by atoms with Crippen molar-refractivity contribution in [2.75, 3.05) is 19.7 Å². The molecule has 0 unspecified atom stereocenters. The molecule has 0 aromatic carbocycles. The number of ether oxygens (including phenoxy) is 1. The molecule has 2 heterocycles. The van der Waals surface area contributed by atoms with Gasteiger partial charge in [-0.25, -0.2) is 0 Å². The first kappa shape index (κ1) is 5.69. The number of hydrogen-bond acceptors (Lipinski definition) is 2. The van der Waals surface area contributed by atoms with E-state index in [0.29, 0.717) is 0 Å². The van der Waals surface area contributed by atoms with Crippen molar-refractivity contribution in [3.63, 3.8) is 0 Å². The van der Waals surface area contributed by atoms with E-state index in [2.05, 4.69) is 12.2 Å². The van der Waals surface area contributed by atoms with E-state index < -0.39 is 0 Å². The van der Waals surface area contributed by atoms with Crippen molar-refractivity contribution in [2.24, 2.45) is 5.92 Å². The maximum atomic E-state index is 5.63. The molecule has 2 aliphatic rings. The average molecular weight is 127 g/mol. The van der Waals surface area contributed by atoms with Crippen molar-refractivity contribution in [1.29, 1.82) is 0 Å². The predicted molar refractivity (Wildman–Crippen MR) is 35.3 cm³/mol. The van der Waals surface area contributed by atoms with E-state index in [4.69, 9.17) is 4.74 Å². The highest BCUT2D eigenvalue weighted by Gasteiger charge is 2.43. The molecule has 2 aliphatic heterocycles. The molecule has 1 N–H and O–H groups in total. The van der Waals surface area contributed by atoms with Crippen LogP contribution in [0.5, 0.6) is 0 Å². The Hall–Kier alpha value is -0.0800. The van der Waals surface area contributed by atoms with E-state index in [0.717, 1.165) is 25.6 Å². The third-order valence-corrected chi connectivity index (χ3v) is 2.29. The van der Waals surface area contributed by atoms with Crippen molar-refractivity contribution in [2.45, 2.75) is 18.9 Å². The van der Waals surface area contributed by atoms with Crippen LogP contribution in [0, 0.1) is 5.92 Å². The topological polar surface area (TPSA) is 21.3 Å². The van der Waals surface area contributed by atoms with E-state index >= 15 is 0 Å². The highest BCUT2D eigenvalue weighted by Crippen LogP contribution is 2.32. The molecule has 0 saturated carbocycles. The highest BCUT2D eigenvalue weighted by atomic mass is 16.5. The van der Waals surface area contributed by atoms with Gasteiger partial charge in [0, 0.05) is 13.1 Å². The van der Waals surface area contributed by atoms with E-state index in [1.807, 2.05) is 0 Å². The lowest BCUT2D eigenvalue weighted by Gasteiger charge is -2.38. The number of hydrogen-bond donors (Lipinski definition) is 1. The molecule has 0 bridgehead atoms. The second kappa shape index (κ2) is 1.70. The largest absolute Gasteiger partial charge is 0.372 e. The van der Waals surface area contributed by atoms with Gasteiger partial charge in [0.15, 0.2) is 0 Å². The molecule has 2 nitrogen and oxygen atoms in total. The molecule has 0 aromatic heterocycles. The lowest BCUT2D eigenvalue weighted by molar-refractivity contribution is -0.0362. The molecule has 0 aromatic rings. The van der Waals surface area contributed by atoms with Crippen LogP contribution in [0.4, 0.5) is 0 Å². The van der Waals surface area contributed by atoms with E-state index in [9.17, 15) is 0 Å². The van der Waals surface area contributed by atoms with Crippen molar-refractivity contribution in [3.8, 4) is 0 Å². The maximum Gasteiger partial charge on any atom is 0.0933 e. The first-order valence-electron chi connectivity index (χ1n) is 3.65. The standard InChI is InChI=1S/C7H13NO/c1-6-2-7(9-3-6)4-8-5-7/h6,8H,2-5H2,1H3/t6-/m1/s1. The minimum atomic E-state index is 0.277. The summed E-state index contributed by atoms with van der Waals surface area (Å²) in [5.74, 6) is 0.784. The van der Waals surface area contributed by atoms with Crippen LogP contribution < -0.4 is 5.32 Å². The molecule has 1 atom stereocenters. The van der Waals surface area contributed by atoms with Gasteiger partial charge in [-0.15, -0.1) is 0 Å². The Morgan fingerprint density at radius 3 is 2.56 bits per heavy atom. The van der Waals surface area contributed by atoms with E-state index in [1.54, 1.807) is 0 Å². The smallest absolute Gasteiger partial charge is 0.0933 e. The zero-order chi connectivity index (χ0) is 6.32. The summed E-state index contributed by atoms with van der Waals surface area (Å²) in [5, 5.41) is 3.24. The fraction of sp³-hybridized carbons (Fsp3) is 1.00. The zero-order valence-corrected chi connectivity index (χ0v) is 5.81. The van der Waals surface area contributed by atoms with Crippen molar-refractivity contribution in [1.82, 2.24) is 5.32 Å². The Kier molecular flexibility index (Phi) is 1.08. The SMILES string of the molecule is C[C@H]1COC2(CNC2)C1. The molecule has 1 spiro atoms. The molecule has 0 amide bonds. The van der Waals surface area contributed by atoms with Crippen LogP contribution in [0.25, 0.3) is 0 Å². The lowest BCUT2D eigenvalue weighted by Crippen LogP contribution is -2.59. The molecule has 2 rings (SSSR count). The third kappa shape index (κ3) is 0.775. The average Bonchev–Trinajstić information content (AvgIpc) is 2.09. The molecular weight excluding hydrogens is 114 g/mol. The number of rotatable bonds is 0. The summed E-state index contributed by atoms with van der Waals surface area (Å²) in [6.45, 7) is 5.39. The summed E-state index contributed by atoms with van der Waals surface area (Å²) in [4.78, 5) is 0. The number of nitrogens with one attached hydrogen (secondary N) is 1. The Labute approximate surface area is 55.6 Å². The van der Waals surface area contributed by atoms with Gasteiger partial charge >= 0.3 is 0 Å². The monoisotopic (exact) mass is 127 g/mol. The fourth-order valence-electron chi connectivity index (χ4n) is 1.72. The minimum absolute atomic E-state index is 0.277. The van der Waals surface area contributed by atoms with Crippen LogP contribution in [0.15, 0.2) is 0 Å². The summed E-state index contributed by atoms with van der Waals surface area (Å²) in [5.41, 5.74) is 0.277. The second-order valence-electron chi connectivity index (χ2n) is 3.41. The molecule has 52 valence electrons. The summed E-state index contributed by atoms with van der Waals surface area (Å²) in [6.07, 6.45) is 1.26. The molecule has 0 aliphatic carbocycles. The Balaban J connectivity index is 1.99. The molecule has 2 saturated heterocycles. The van der Waals surface area contributed by atoms with Crippen LogP contribution in [0.1, 0.15) is 13.3 Å². The van der Waals surface area contributed by atoms with Crippen LogP contribution in [0.2, 0.25) is 0 Å². The second-order valence-corrected chi connectivity index (χ2v) is 3.41. The first-order chi connectivity index (χ1) is 4.31. The van der Waals surface area contributed by atoms with Gasteiger partial charge in [0.1, 0.15) is 0 Å². The van der Waals surface area contributed by atoms with E-state index in [1.165, 1.54) is 6.42 Å². The third-order valence-electron chi connectivity index (χ3n) is 2.29. The highest BCUT2D eigenvalue weighted by molar-refractivity contribution is 4.98. The Morgan fingerprint density at radius 2 is 2.33 bits per heavy atom. The summed E-state index contributed by atoms with van der Waals surface area (Å²) in [6, 6.07) is 0. The molecule has 9 heavy (non-hydrogen) atoms. The van der Waals surface area contributed by atoms with Crippen LogP contribution in [-0.2, 0) is 4.74 Å². The quantitative estimate of drug-likeness (QED) is 0.508. The molecular formula is C7H13NO. The van der Waals surface area contributed by atoms with Gasteiger partial charge in [-0.1, -0.05) is 6.92 Å². The molecule has 2 heteroatoms. The van der Waals surface area contributed by atoms with Gasteiger partial charge in [-0.3, -0.25) is 0 Å². The maximum absolute atomic E-state index is 5.63. The lowest BCUT2D eigenvalue weighted by atomic mass is 9.90. The van der Waals surface area contributed by atoms with Gasteiger partial charge in [-0.05, 0) is 12.3 Å². The normalized spacial score (nSPS) is 39.0. The Morgan fingerprint density at radius 1 is 1.56 bits per heavy atom. The van der Waals surface area contributed by atoms with Crippen LogP contribution in [-0.4, -0.2) is 25.3 Å². The predicted octanol–water partition coefficient (Wildman–Crippen LogP) is 0.385.